The Morgan fingerprint density at radius 1 is 1.00 bits per heavy atom. The minimum Gasteiger partial charge on any atom is -0.393 e. The van der Waals surface area contributed by atoms with Crippen molar-refractivity contribution in [3.63, 3.8) is 0 Å². The predicted molar refractivity (Wildman–Crippen MR) is 62.9 cm³/mol. The highest BCUT2D eigenvalue weighted by atomic mass is 16.3. The number of aliphatic hydroxyl groups excluding tert-OH is 1. The van der Waals surface area contributed by atoms with Gasteiger partial charge in [0.15, 0.2) is 0 Å². The zero-order chi connectivity index (χ0) is 10.9. The van der Waals surface area contributed by atoms with Crippen molar-refractivity contribution < 1.29 is 5.11 Å². The Morgan fingerprint density at radius 2 is 1.53 bits per heavy atom. The molecule has 1 saturated carbocycles. The third kappa shape index (κ3) is 2.94. The van der Waals surface area contributed by atoms with Crippen LogP contribution in [0.15, 0.2) is 0 Å². The van der Waals surface area contributed by atoms with Gasteiger partial charge in [-0.2, -0.15) is 0 Å². The first-order valence-electron chi connectivity index (χ1n) is 6.49. The van der Waals surface area contributed by atoms with Crippen molar-refractivity contribution in [1.82, 2.24) is 4.90 Å². The van der Waals surface area contributed by atoms with Gasteiger partial charge in [0, 0.05) is 19.1 Å². The molecule has 88 valence electrons. The summed E-state index contributed by atoms with van der Waals surface area (Å²) in [6.45, 7) is 7.02. The number of hydrogen-bond donors (Lipinski definition) is 1. The van der Waals surface area contributed by atoms with E-state index in [2.05, 4.69) is 18.7 Å². The van der Waals surface area contributed by atoms with Gasteiger partial charge in [0.25, 0.3) is 0 Å². The maximum Gasteiger partial charge on any atom is 0.0564 e. The maximum absolute atomic E-state index is 9.48. The van der Waals surface area contributed by atoms with Crippen molar-refractivity contribution in [2.75, 3.05) is 13.1 Å². The van der Waals surface area contributed by atoms with Crippen LogP contribution < -0.4 is 0 Å². The number of likely N-dealkylation sites (tertiary alicyclic amines) is 1. The minimum atomic E-state index is -0.0266. The van der Waals surface area contributed by atoms with Gasteiger partial charge in [0.2, 0.25) is 0 Å². The molecule has 1 aliphatic heterocycles. The van der Waals surface area contributed by atoms with Gasteiger partial charge in [-0.15, -0.1) is 0 Å². The van der Waals surface area contributed by atoms with E-state index >= 15 is 0 Å². The van der Waals surface area contributed by atoms with Crippen LogP contribution in [0, 0.1) is 5.41 Å². The third-order valence-electron chi connectivity index (χ3n) is 4.32. The lowest BCUT2D eigenvalue weighted by molar-refractivity contribution is 0.0370. The second-order valence-corrected chi connectivity index (χ2v) is 6.16. The Hall–Kier alpha value is -0.0800. The van der Waals surface area contributed by atoms with E-state index in [-0.39, 0.29) is 6.10 Å². The van der Waals surface area contributed by atoms with Gasteiger partial charge >= 0.3 is 0 Å². The Labute approximate surface area is 93.7 Å². The zero-order valence-corrected chi connectivity index (χ0v) is 10.2. The Morgan fingerprint density at radius 3 is 2.07 bits per heavy atom. The van der Waals surface area contributed by atoms with E-state index in [4.69, 9.17) is 0 Å². The second-order valence-electron chi connectivity index (χ2n) is 6.16. The van der Waals surface area contributed by atoms with E-state index in [1.165, 1.54) is 25.7 Å². The fraction of sp³-hybridized carbons (Fsp3) is 1.00. The summed E-state index contributed by atoms with van der Waals surface area (Å²) in [6, 6.07) is 0.811. The molecule has 0 aromatic rings. The molecule has 1 heterocycles. The Kier molecular flexibility index (Phi) is 3.36. The van der Waals surface area contributed by atoms with Crippen LogP contribution in [-0.4, -0.2) is 35.2 Å². The van der Waals surface area contributed by atoms with Crippen LogP contribution in [0.25, 0.3) is 0 Å². The summed E-state index contributed by atoms with van der Waals surface area (Å²) >= 11 is 0. The van der Waals surface area contributed by atoms with Crippen LogP contribution in [-0.2, 0) is 0 Å². The molecular weight excluding hydrogens is 186 g/mol. The normalized spacial score (nSPS) is 30.6. The highest BCUT2D eigenvalue weighted by molar-refractivity contribution is 4.85. The molecule has 0 spiro atoms. The smallest absolute Gasteiger partial charge is 0.0564 e. The standard InChI is InChI=1S/C13H25NO/c1-13(2)7-3-11(4-8-13)14-9-5-12(15)6-10-14/h11-12,15H,3-10H2,1-2H3. The molecule has 2 aliphatic rings. The monoisotopic (exact) mass is 211 g/mol. The van der Waals surface area contributed by atoms with E-state index in [1.807, 2.05) is 0 Å². The molecule has 2 nitrogen and oxygen atoms in total. The van der Waals surface area contributed by atoms with Crippen molar-refractivity contribution in [3.8, 4) is 0 Å². The molecule has 0 radical (unpaired) electrons. The number of piperidine rings is 1. The van der Waals surface area contributed by atoms with E-state index < -0.39 is 0 Å². The minimum absolute atomic E-state index is 0.0266. The molecule has 2 heteroatoms. The van der Waals surface area contributed by atoms with Gasteiger partial charge in [0.1, 0.15) is 0 Å². The molecule has 2 rings (SSSR count). The average Bonchev–Trinajstić information content (AvgIpc) is 2.20. The molecule has 0 aromatic heterocycles. The van der Waals surface area contributed by atoms with Crippen molar-refractivity contribution in [2.45, 2.75) is 64.5 Å². The summed E-state index contributed by atoms with van der Waals surface area (Å²) in [5.41, 5.74) is 0.575. The molecule has 2 fully saturated rings. The highest BCUT2D eigenvalue weighted by Crippen LogP contribution is 2.37. The van der Waals surface area contributed by atoms with E-state index in [0.717, 1.165) is 32.0 Å². The van der Waals surface area contributed by atoms with Crippen molar-refractivity contribution in [3.05, 3.63) is 0 Å². The lowest BCUT2D eigenvalue weighted by atomic mass is 9.75. The van der Waals surface area contributed by atoms with E-state index in [0.29, 0.717) is 5.41 Å². The Bertz CT molecular complexity index is 197. The van der Waals surface area contributed by atoms with Gasteiger partial charge in [-0.3, -0.25) is 0 Å². The maximum atomic E-state index is 9.48. The van der Waals surface area contributed by atoms with Crippen molar-refractivity contribution in [1.29, 1.82) is 0 Å². The Balaban J connectivity index is 1.80. The van der Waals surface area contributed by atoms with Gasteiger partial charge < -0.3 is 10.0 Å². The topological polar surface area (TPSA) is 23.5 Å². The molecule has 0 aromatic carbocycles. The van der Waals surface area contributed by atoms with Gasteiger partial charge in [-0.1, -0.05) is 13.8 Å². The SMILES string of the molecule is CC1(C)CCC(N2CCC(O)CC2)CC1. The molecule has 15 heavy (non-hydrogen) atoms. The highest BCUT2D eigenvalue weighted by Gasteiger charge is 2.31. The van der Waals surface area contributed by atoms with Crippen LogP contribution in [0.5, 0.6) is 0 Å². The lowest BCUT2D eigenvalue weighted by Crippen LogP contribution is -2.45. The summed E-state index contributed by atoms with van der Waals surface area (Å²) in [6.07, 6.45) is 7.42. The second kappa shape index (κ2) is 4.42. The molecule has 1 N–H and O–H groups in total. The van der Waals surface area contributed by atoms with Crippen LogP contribution >= 0.6 is 0 Å². The van der Waals surface area contributed by atoms with Crippen LogP contribution in [0.3, 0.4) is 0 Å². The van der Waals surface area contributed by atoms with Crippen molar-refractivity contribution >= 4 is 0 Å². The van der Waals surface area contributed by atoms with Gasteiger partial charge in [-0.05, 0) is 43.9 Å². The number of nitrogens with zero attached hydrogens (tertiary/aromatic N) is 1. The van der Waals surface area contributed by atoms with E-state index in [9.17, 15) is 5.11 Å². The fourth-order valence-electron chi connectivity index (χ4n) is 3.00. The van der Waals surface area contributed by atoms with Gasteiger partial charge in [0.05, 0.1) is 6.10 Å². The predicted octanol–water partition coefficient (Wildman–Crippen LogP) is 2.41. The first-order valence-corrected chi connectivity index (χ1v) is 6.49. The summed E-state index contributed by atoms with van der Waals surface area (Å²) < 4.78 is 0. The lowest BCUT2D eigenvalue weighted by Gasteiger charge is -2.42. The first kappa shape index (κ1) is 11.4. The molecule has 1 saturated heterocycles. The number of hydrogen-bond acceptors (Lipinski definition) is 2. The van der Waals surface area contributed by atoms with Crippen LogP contribution in [0.2, 0.25) is 0 Å². The van der Waals surface area contributed by atoms with E-state index in [1.54, 1.807) is 0 Å². The van der Waals surface area contributed by atoms with Crippen LogP contribution in [0.4, 0.5) is 0 Å². The summed E-state index contributed by atoms with van der Waals surface area (Å²) in [4.78, 5) is 2.61. The average molecular weight is 211 g/mol. The van der Waals surface area contributed by atoms with Crippen LogP contribution in [0.1, 0.15) is 52.4 Å². The number of aliphatic hydroxyl groups is 1. The molecule has 0 atom stereocenters. The van der Waals surface area contributed by atoms with Gasteiger partial charge in [-0.25, -0.2) is 0 Å². The quantitative estimate of drug-likeness (QED) is 0.720. The summed E-state index contributed by atoms with van der Waals surface area (Å²) in [7, 11) is 0. The summed E-state index contributed by atoms with van der Waals surface area (Å²) in [5.74, 6) is 0. The molecular formula is C13H25NO. The van der Waals surface area contributed by atoms with Crippen molar-refractivity contribution in [2.24, 2.45) is 5.41 Å². The molecule has 0 bridgehead atoms. The zero-order valence-electron chi connectivity index (χ0n) is 10.2. The molecule has 0 amide bonds. The molecule has 0 unspecified atom stereocenters. The summed E-state index contributed by atoms with van der Waals surface area (Å²) in [5, 5.41) is 9.48. The number of rotatable bonds is 1. The molecule has 1 aliphatic carbocycles. The largest absolute Gasteiger partial charge is 0.393 e. The first-order chi connectivity index (χ1) is 7.07. The fourth-order valence-corrected chi connectivity index (χ4v) is 3.00. The third-order valence-corrected chi connectivity index (χ3v) is 4.32.